The molecule has 2 rings (SSSR count). The maximum Gasteiger partial charge on any atom is 0.220 e. The molecular formula is C17H22FN3O. The highest BCUT2D eigenvalue weighted by atomic mass is 19.1. The normalized spacial score (nSPS) is 10.7. The fourth-order valence-electron chi connectivity index (χ4n) is 2.53. The first-order chi connectivity index (χ1) is 10.5. The van der Waals surface area contributed by atoms with Crippen molar-refractivity contribution in [2.24, 2.45) is 0 Å². The van der Waals surface area contributed by atoms with Gasteiger partial charge in [0.1, 0.15) is 5.82 Å². The molecule has 5 heteroatoms. The zero-order valence-electron chi connectivity index (χ0n) is 13.3. The van der Waals surface area contributed by atoms with Crippen LogP contribution in [0.5, 0.6) is 0 Å². The number of nitrogens with one attached hydrogen (secondary N) is 1. The molecule has 1 N–H and O–H groups in total. The molecular weight excluding hydrogens is 281 g/mol. The van der Waals surface area contributed by atoms with Crippen molar-refractivity contribution in [2.45, 2.75) is 46.7 Å². The average molecular weight is 303 g/mol. The Bertz CT molecular complexity index is 647. The Balaban J connectivity index is 1.85. The number of hydrogen-bond donors (Lipinski definition) is 1. The van der Waals surface area contributed by atoms with E-state index in [1.807, 2.05) is 18.5 Å². The monoisotopic (exact) mass is 303 g/mol. The van der Waals surface area contributed by atoms with E-state index in [-0.39, 0.29) is 11.7 Å². The number of hydrogen-bond acceptors (Lipinski definition) is 2. The van der Waals surface area contributed by atoms with Crippen LogP contribution < -0.4 is 5.32 Å². The van der Waals surface area contributed by atoms with Crippen molar-refractivity contribution in [3.8, 4) is 0 Å². The lowest BCUT2D eigenvalue weighted by atomic mass is 10.1. The summed E-state index contributed by atoms with van der Waals surface area (Å²) in [5.74, 6) is -0.277. The zero-order valence-corrected chi connectivity index (χ0v) is 13.3. The topological polar surface area (TPSA) is 46.9 Å². The second-order valence-electron chi connectivity index (χ2n) is 5.37. The van der Waals surface area contributed by atoms with Crippen molar-refractivity contribution in [2.75, 3.05) is 0 Å². The van der Waals surface area contributed by atoms with Gasteiger partial charge in [-0.25, -0.2) is 4.39 Å². The van der Waals surface area contributed by atoms with E-state index in [9.17, 15) is 9.18 Å². The first-order valence-electron chi connectivity index (χ1n) is 7.55. The fraction of sp³-hybridized carbons (Fsp3) is 0.412. The number of amides is 1. The molecule has 0 saturated heterocycles. The minimum Gasteiger partial charge on any atom is -0.352 e. The number of carbonyl (C=O) groups excluding carboxylic acids is 1. The van der Waals surface area contributed by atoms with Gasteiger partial charge in [0.25, 0.3) is 0 Å². The van der Waals surface area contributed by atoms with Gasteiger partial charge in [0.15, 0.2) is 0 Å². The predicted molar refractivity (Wildman–Crippen MR) is 83.9 cm³/mol. The second kappa shape index (κ2) is 7.20. The maximum absolute atomic E-state index is 12.8. The number of rotatable bonds is 6. The smallest absolute Gasteiger partial charge is 0.220 e. The molecule has 0 saturated carbocycles. The number of benzene rings is 1. The summed E-state index contributed by atoms with van der Waals surface area (Å²) < 4.78 is 14.8. The highest BCUT2D eigenvalue weighted by Crippen LogP contribution is 2.15. The summed E-state index contributed by atoms with van der Waals surface area (Å²) in [5, 5.41) is 7.32. The van der Waals surface area contributed by atoms with Gasteiger partial charge in [0, 0.05) is 25.2 Å². The molecule has 0 aliphatic rings. The molecule has 1 amide bonds. The van der Waals surface area contributed by atoms with E-state index in [0.717, 1.165) is 29.1 Å². The average Bonchev–Trinajstić information content (AvgIpc) is 2.78. The Morgan fingerprint density at radius 2 is 1.95 bits per heavy atom. The van der Waals surface area contributed by atoms with Gasteiger partial charge in [-0.3, -0.25) is 9.48 Å². The number of nitrogens with zero attached hydrogens (tertiary/aromatic N) is 2. The van der Waals surface area contributed by atoms with E-state index in [4.69, 9.17) is 0 Å². The molecule has 1 aromatic carbocycles. The Morgan fingerprint density at radius 3 is 2.55 bits per heavy atom. The Kier molecular flexibility index (Phi) is 5.31. The van der Waals surface area contributed by atoms with Crippen LogP contribution in [0.2, 0.25) is 0 Å². The van der Waals surface area contributed by atoms with Gasteiger partial charge in [-0.1, -0.05) is 12.1 Å². The largest absolute Gasteiger partial charge is 0.352 e. The molecule has 0 bridgehead atoms. The lowest BCUT2D eigenvalue weighted by Crippen LogP contribution is -2.23. The lowest BCUT2D eigenvalue weighted by Gasteiger charge is -2.06. The third kappa shape index (κ3) is 3.93. The lowest BCUT2D eigenvalue weighted by molar-refractivity contribution is -0.121. The van der Waals surface area contributed by atoms with Gasteiger partial charge < -0.3 is 5.32 Å². The van der Waals surface area contributed by atoms with E-state index in [1.165, 1.54) is 12.1 Å². The van der Waals surface area contributed by atoms with Gasteiger partial charge in [-0.05, 0) is 50.5 Å². The zero-order chi connectivity index (χ0) is 16.1. The summed E-state index contributed by atoms with van der Waals surface area (Å²) in [6.07, 6.45) is 1.12. The van der Waals surface area contributed by atoms with Gasteiger partial charge in [0.05, 0.1) is 5.69 Å². The maximum atomic E-state index is 12.8. The Morgan fingerprint density at radius 1 is 1.27 bits per heavy atom. The van der Waals surface area contributed by atoms with Crippen LogP contribution in [-0.4, -0.2) is 15.7 Å². The van der Waals surface area contributed by atoms with Crippen molar-refractivity contribution in [1.29, 1.82) is 0 Å². The molecule has 0 aliphatic carbocycles. The van der Waals surface area contributed by atoms with E-state index >= 15 is 0 Å². The Labute approximate surface area is 130 Å². The molecule has 0 unspecified atom stereocenters. The number of aryl methyl sites for hydroxylation is 2. The van der Waals surface area contributed by atoms with Crippen LogP contribution in [0.3, 0.4) is 0 Å². The van der Waals surface area contributed by atoms with Gasteiger partial charge in [0.2, 0.25) is 5.91 Å². The van der Waals surface area contributed by atoms with E-state index in [0.29, 0.717) is 19.4 Å². The minimum absolute atomic E-state index is 0.00706. The molecule has 1 aromatic heterocycles. The summed E-state index contributed by atoms with van der Waals surface area (Å²) in [7, 11) is 0. The van der Waals surface area contributed by atoms with E-state index < -0.39 is 0 Å². The third-order valence-electron chi connectivity index (χ3n) is 3.84. The van der Waals surface area contributed by atoms with Crippen LogP contribution in [0.25, 0.3) is 0 Å². The van der Waals surface area contributed by atoms with Crippen LogP contribution in [0.4, 0.5) is 4.39 Å². The van der Waals surface area contributed by atoms with Crippen LogP contribution >= 0.6 is 0 Å². The fourth-order valence-corrected chi connectivity index (χ4v) is 2.53. The number of aromatic nitrogens is 2. The summed E-state index contributed by atoms with van der Waals surface area (Å²) >= 11 is 0. The van der Waals surface area contributed by atoms with Crippen LogP contribution in [-0.2, 0) is 24.3 Å². The number of carbonyl (C=O) groups is 1. The Hall–Kier alpha value is -2.17. The van der Waals surface area contributed by atoms with Crippen molar-refractivity contribution in [3.05, 3.63) is 52.6 Å². The molecule has 1 heterocycles. The second-order valence-corrected chi connectivity index (χ2v) is 5.37. The van der Waals surface area contributed by atoms with Crippen molar-refractivity contribution >= 4 is 5.91 Å². The highest BCUT2D eigenvalue weighted by Gasteiger charge is 2.12. The molecule has 2 aromatic rings. The van der Waals surface area contributed by atoms with Crippen molar-refractivity contribution < 1.29 is 9.18 Å². The van der Waals surface area contributed by atoms with Crippen molar-refractivity contribution in [3.63, 3.8) is 0 Å². The summed E-state index contributed by atoms with van der Waals surface area (Å²) in [6.45, 7) is 7.33. The third-order valence-corrected chi connectivity index (χ3v) is 3.84. The molecule has 0 aliphatic heterocycles. The SMILES string of the molecule is CCn1nc(C)c(CCC(=O)NCc2ccc(F)cc2)c1C. The first kappa shape index (κ1) is 16.2. The molecule has 0 radical (unpaired) electrons. The molecule has 0 spiro atoms. The van der Waals surface area contributed by atoms with Crippen LogP contribution in [0.1, 0.15) is 35.9 Å². The summed E-state index contributed by atoms with van der Waals surface area (Å²) in [4.78, 5) is 11.9. The first-order valence-corrected chi connectivity index (χ1v) is 7.55. The quantitative estimate of drug-likeness (QED) is 0.892. The number of halogens is 1. The molecule has 118 valence electrons. The summed E-state index contributed by atoms with van der Waals surface area (Å²) in [6, 6.07) is 6.14. The van der Waals surface area contributed by atoms with E-state index in [2.05, 4.69) is 17.3 Å². The predicted octanol–water partition coefficient (Wildman–Crippen LogP) is 2.91. The minimum atomic E-state index is -0.269. The molecule has 22 heavy (non-hydrogen) atoms. The van der Waals surface area contributed by atoms with E-state index in [1.54, 1.807) is 12.1 Å². The van der Waals surface area contributed by atoms with Gasteiger partial charge in [-0.15, -0.1) is 0 Å². The van der Waals surface area contributed by atoms with Crippen molar-refractivity contribution in [1.82, 2.24) is 15.1 Å². The highest BCUT2D eigenvalue weighted by molar-refractivity contribution is 5.76. The molecule has 0 fully saturated rings. The summed E-state index contributed by atoms with van der Waals surface area (Å²) in [5.41, 5.74) is 4.16. The molecule has 4 nitrogen and oxygen atoms in total. The van der Waals surface area contributed by atoms with Gasteiger partial charge in [-0.2, -0.15) is 5.10 Å². The standard InChI is InChI=1S/C17H22FN3O/c1-4-21-13(3)16(12(2)20-21)9-10-17(22)19-11-14-5-7-15(18)8-6-14/h5-8H,4,9-11H2,1-3H3,(H,19,22). The van der Waals surface area contributed by atoms with Crippen LogP contribution in [0, 0.1) is 19.7 Å². The van der Waals surface area contributed by atoms with Crippen LogP contribution in [0.15, 0.2) is 24.3 Å². The van der Waals surface area contributed by atoms with Gasteiger partial charge >= 0.3 is 0 Å². The molecule has 0 atom stereocenters.